The third-order valence-corrected chi connectivity index (χ3v) is 4.81. The van der Waals surface area contributed by atoms with Crippen molar-refractivity contribution in [1.82, 2.24) is 4.72 Å². The van der Waals surface area contributed by atoms with Crippen molar-refractivity contribution in [3.05, 3.63) is 34.3 Å². The van der Waals surface area contributed by atoms with Crippen LogP contribution >= 0.6 is 15.9 Å². The van der Waals surface area contributed by atoms with E-state index in [1.165, 1.54) is 0 Å². The number of sulfonamides is 1. The van der Waals surface area contributed by atoms with Gasteiger partial charge in [-0.05, 0) is 31.5 Å². The van der Waals surface area contributed by atoms with E-state index in [0.717, 1.165) is 17.0 Å². The summed E-state index contributed by atoms with van der Waals surface area (Å²) in [7, 11) is -3.88. The fourth-order valence-corrected chi connectivity index (χ4v) is 2.84. The third-order valence-electron chi connectivity index (χ3n) is 2.50. The van der Waals surface area contributed by atoms with Crippen LogP contribution in [0.1, 0.15) is 25.5 Å². The Bertz CT molecular complexity index is 544. The smallest absolute Gasteiger partial charge is 0.323 e. The average molecular weight is 336 g/mol. The number of carboxylic acids is 1. The summed E-state index contributed by atoms with van der Waals surface area (Å²) in [6.45, 7) is 2.80. The fraction of sp³-hybridized carbons (Fsp3) is 0.364. The van der Waals surface area contributed by atoms with Crippen molar-refractivity contribution in [2.45, 2.75) is 25.1 Å². The van der Waals surface area contributed by atoms with E-state index >= 15 is 0 Å². The second-order valence-corrected chi connectivity index (χ2v) is 6.87. The highest BCUT2D eigenvalue weighted by atomic mass is 79.9. The van der Waals surface area contributed by atoms with Gasteiger partial charge >= 0.3 is 5.97 Å². The predicted molar refractivity (Wildman–Crippen MR) is 71.7 cm³/mol. The zero-order valence-electron chi connectivity index (χ0n) is 9.92. The summed E-state index contributed by atoms with van der Waals surface area (Å²) in [5.74, 6) is -1.37. The van der Waals surface area contributed by atoms with Crippen molar-refractivity contribution in [3.63, 3.8) is 0 Å². The minimum atomic E-state index is -3.88. The van der Waals surface area contributed by atoms with Crippen LogP contribution in [0.3, 0.4) is 0 Å². The SMILES string of the molecule is CC(NS(=O)(=O)C(C)C(=O)O)c1cccc(Br)c1. The van der Waals surface area contributed by atoms with Gasteiger partial charge in [-0.25, -0.2) is 13.1 Å². The van der Waals surface area contributed by atoms with Gasteiger partial charge in [0.05, 0.1) is 0 Å². The lowest BCUT2D eigenvalue weighted by Gasteiger charge is -2.16. The van der Waals surface area contributed by atoms with Crippen molar-refractivity contribution in [2.75, 3.05) is 0 Å². The molecule has 5 nitrogen and oxygen atoms in total. The van der Waals surface area contributed by atoms with Crippen LogP contribution in [-0.2, 0) is 14.8 Å². The number of aliphatic carboxylic acids is 1. The van der Waals surface area contributed by atoms with Crippen LogP contribution in [0.5, 0.6) is 0 Å². The molecule has 0 aliphatic rings. The van der Waals surface area contributed by atoms with E-state index in [0.29, 0.717) is 0 Å². The first-order valence-corrected chi connectivity index (χ1v) is 7.57. The Labute approximate surface area is 114 Å². The molecule has 18 heavy (non-hydrogen) atoms. The maximum Gasteiger partial charge on any atom is 0.323 e. The lowest BCUT2D eigenvalue weighted by atomic mass is 10.1. The highest BCUT2D eigenvalue weighted by molar-refractivity contribution is 9.10. The van der Waals surface area contributed by atoms with Gasteiger partial charge < -0.3 is 5.11 Å². The molecule has 2 atom stereocenters. The summed E-state index contributed by atoms with van der Waals surface area (Å²) in [5.41, 5.74) is 0.755. The number of benzene rings is 1. The molecular weight excluding hydrogens is 322 g/mol. The Morgan fingerprint density at radius 3 is 2.50 bits per heavy atom. The van der Waals surface area contributed by atoms with Crippen LogP contribution in [0.2, 0.25) is 0 Å². The zero-order chi connectivity index (χ0) is 13.9. The van der Waals surface area contributed by atoms with Crippen molar-refractivity contribution in [1.29, 1.82) is 0 Å². The van der Waals surface area contributed by atoms with Gasteiger partial charge in [0.1, 0.15) is 0 Å². The molecule has 0 aliphatic carbocycles. The first-order chi connectivity index (χ1) is 8.24. The molecule has 0 fully saturated rings. The number of carbonyl (C=O) groups is 1. The topological polar surface area (TPSA) is 83.5 Å². The van der Waals surface area contributed by atoms with E-state index in [1.54, 1.807) is 25.1 Å². The number of hydrogen-bond acceptors (Lipinski definition) is 3. The average Bonchev–Trinajstić information content (AvgIpc) is 2.27. The van der Waals surface area contributed by atoms with Crippen LogP contribution in [0.25, 0.3) is 0 Å². The molecule has 1 aromatic carbocycles. The van der Waals surface area contributed by atoms with Crippen LogP contribution in [0.15, 0.2) is 28.7 Å². The Balaban J connectivity index is 2.88. The molecule has 0 saturated heterocycles. The largest absolute Gasteiger partial charge is 0.480 e. The Hall–Kier alpha value is -0.920. The number of nitrogens with one attached hydrogen (secondary N) is 1. The molecule has 0 saturated carbocycles. The van der Waals surface area contributed by atoms with Crippen LogP contribution in [-0.4, -0.2) is 24.7 Å². The van der Waals surface area contributed by atoms with Gasteiger partial charge in [0.25, 0.3) is 0 Å². The molecule has 0 amide bonds. The lowest BCUT2D eigenvalue weighted by molar-refractivity contribution is -0.136. The standard InChI is InChI=1S/C11H14BrNO4S/c1-7(9-4-3-5-10(12)6-9)13-18(16,17)8(2)11(14)15/h3-8,13H,1-2H3,(H,14,15). The second kappa shape index (κ2) is 5.81. The van der Waals surface area contributed by atoms with Crippen LogP contribution in [0.4, 0.5) is 0 Å². The first kappa shape index (κ1) is 15.1. The molecule has 2 N–H and O–H groups in total. The molecule has 0 heterocycles. The summed E-state index contributed by atoms with van der Waals surface area (Å²) in [4.78, 5) is 10.7. The molecule has 0 aromatic heterocycles. The van der Waals surface area contributed by atoms with Crippen molar-refractivity contribution in [2.24, 2.45) is 0 Å². The van der Waals surface area contributed by atoms with Gasteiger partial charge in [-0.3, -0.25) is 4.79 Å². The summed E-state index contributed by atoms with van der Waals surface area (Å²) in [5, 5.41) is 7.24. The minimum Gasteiger partial charge on any atom is -0.480 e. The Morgan fingerprint density at radius 2 is 2.00 bits per heavy atom. The van der Waals surface area contributed by atoms with Gasteiger partial charge in [0, 0.05) is 10.5 Å². The number of hydrogen-bond donors (Lipinski definition) is 2. The van der Waals surface area contributed by atoms with E-state index in [4.69, 9.17) is 5.11 Å². The van der Waals surface area contributed by atoms with E-state index in [1.807, 2.05) is 6.07 Å². The number of carboxylic acid groups (broad SMARTS) is 1. The number of rotatable bonds is 5. The summed E-state index contributed by atoms with van der Waals surface area (Å²) >= 11 is 3.29. The van der Waals surface area contributed by atoms with Gasteiger partial charge in [0.2, 0.25) is 10.0 Å². The molecule has 0 radical (unpaired) electrons. The van der Waals surface area contributed by atoms with Gasteiger partial charge in [0.15, 0.2) is 5.25 Å². The molecule has 0 spiro atoms. The van der Waals surface area contributed by atoms with Gasteiger partial charge in [-0.15, -0.1) is 0 Å². The molecule has 7 heteroatoms. The lowest BCUT2D eigenvalue weighted by Crippen LogP contribution is -2.38. The molecule has 2 unspecified atom stereocenters. The normalized spacial score (nSPS) is 15.1. The summed E-state index contributed by atoms with van der Waals surface area (Å²) in [6.07, 6.45) is 0. The monoisotopic (exact) mass is 335 g/mol. The molecule has 0 bridgehead atoms. The Kier molecular flexibility index (Phi) is 4.89. The fourth-order valence-electron chi connectivity index (χ4n) is 1.33. The number of halogens is 1. The quantitative estimate of drug-likeness (QED) is 0.860. The van der Waals surface area contributed by atoms with E-state index in [-0.39, 0.29) is 0 Å². The maximum absolute atomic E-state index is 11.7. The zero-order valence-corrected chi connectivity index (χ0v) is 12.3. The van der Waals surface area contributed by atoms with Crippen molar-refractivity contribution in [3.8, 4) is 0 Å². The minimum absolute atomic E-state index is 0.491. The van der Waals surface area contributed by atoms with Crippen molar-refractivity contribution < 1.29 is 18.3 Å². The van der Waals surface area contributed by atoms with Gasteiger partial charge in [-0.2, -0.15) is 0 Å². The molecule has 1 rings (SSSR count). The third kappa shape index (κ3) is 3.79. The first-order valence-electron chi connectivity index (χ1n) is 5.23. The molecular formula is C11H14BrNO4S. The van der Waals surface area contributed by atoms with Crippen LogP contribution in [0, 0.1) is 0 Å². The highest BCUT2D eigenvalue weighted by Gasteiger charge is 2.29. The molecule has 100 valence electrons. The van der Waals surface area contributed by atoms with Crippen molar-refractivity contribution >= 4 is 31.9 Å². The van der Waals surface area contributed by atoms with Crippen LogP contribution < -0.4 is 4.72 Å². The van der Waals surface area contributed by atoms with E-state index in [2.05, 4.69) is 20.7 Å². The summed E-state index contributed by atoms with van der Waals surface area (Å²) < 4.78 is 26.7. The highest BCUT2D eigenvalue weighted by Crippen LogP contribution is 2.19. The van der Waals surface area contributed by atoms with Gasteiger partial charge in [-0.1, -0.05) is 28.1 Å². The maximum atomic E-state index is 11.7. The molecule has 1 aromatic rings. The predicted octanol–water partition coefficient (Wildman–Crippen LogP) is 1.90. The van der Waals surface area contributed by atoms with E-state index < -0.39 is 27.3 Å². The molecule has 0 aliphatic heterocycles. The summed E-state index contributed by atoms with van der Waals surface area (Å²) in [6, 6.07) is 6.66. The Morgan fingerprint density at radius 1 is 1.39 bits per heavy atom. The second-order valence-electron chi connectivity index (χ2n) is 3.92. The van der Waals surface area contributed by atoms with E-state index in [9.17, 15) is 13.2 Å².